The van der Waals surface area contributed by atoms with Gasteiger partial charge in [-0.3, -0.25) is 0 Å². The molecule has 1 saturated carbocycles. The zero-order valence-electron chi connectivity index (χ0n) is 7.83. The van der Waals surface area contributed by atoms with E-state index in [1.165, 1.54) is 29.5 Å². The molecule has 1 fully saturated rings. The molecule has 1 heteroatoms. The number of rotatable bonds is 0. The predicted octanol–water partition coefficient (Wildman–Crippen LogP) is 2.33. The van der Waals surface area contributed by atoms with E-state index in [1.807, 2.05) is 0 Å². The van der Waals surface area contributed by atoms with Gasteiger partial charge in [0.1, 0.15) is 0 Å². The van der Waals surface area contributed by atoms with Gasteiger partial charge in [-0.05, 0) is 30.9 Å². The maximum absolute atomic E-state index is 9.94. The van der Waals surface area contributed by atoms with Crippen molar-refractivity contribution in [2.24, 2.45) is 0 Å². The lowest BCUT2D eigenvalue weighted by molar-refractivity contribution is 0.159. The molecule has 1 aromatic carbocycles. The minimum Gasteiger partial charge on any atom is -0.392 e. The zero-order valence-corrected chi connectivity index (χ0v) is 7.83. The molecule has 2 aliphatic carbocycles. The van der Waals surface area contributed by atoms with Gasteiger partial charge in [-0.1, -0.05) is 23.8 Å². The Labute approximate surface area is 78.4 Å². The molecule has 0 spiro atoms. The summed E-state index contributed by atoms with van der Waals surface area (Å²) < 4.78 is 0. The highest BCUT2D eigenvalue weighted by Crippen LogP contribution is 2.53. The molecule has 0 radical (unpaired) electrons. The first-order chi connectivity index (χ1) is 6.27. The first-order valence-electron chi connectivity index (χ1n) is 5.06. The highest BCUT2D eigenvalue weighted by Gasteiger charge is 2.44. The molecule has 1 nitrogen and oxygen atoms in total. The standard InChI is InChI=1S/C12H14O/c1-7-2-3-8-9-4-5-10(12(9)13)11(8)6-7/h2-3,6,9-10,12-13H,4-5H2,1H3/t9-,10+,12-/m1/s1. The molecule has 0 unspecified atom stereocenters. The molecule has 1 aromatic rings. The van der Waals surface area contributed by atoms with Crippen molar-refractivity contribution in [3.05, 3.63) is 34.9 Å². The first-order valence-corrected chi connectivity index (χ1v) is 5.06. The Morgan fingerprint density at radius 3 is 2.62 bits per heavy atom. The quantitative estimate of drug-likeness (QED) is 0.640. The number of aliphatic hydroxyl groups is 1. The van der Waals surface area contributed by atoms with Gasteiger partial charge in [0, 0.05) is 11.8 Å². The van der Waals surface area contributed by atoms with Crippen LogP contribution in [0.5, 0.6) is 0 Å². The van der Waals surface area contributed by atoms with Crippen LogP contribution in [-0.2, 0) is 0 Å². The number of hydrogen-bond donors (Lipinski definition) is 1. The Kier molecular flexibility index (Phi) is 1.37. The van der Waals surface area contributed by atoms with E-state index in [0.29, 0.717) is 11.8 Å². The van der Waals surface area contributed by atoms with Crippen LogP contribution < -0.4 is 0 Å². The fourth-order valence-electron chi connectivity index (χ4n) is 3.01. The lowest BCUT2D eigenvalue weighted by Gasteiger charge is -2.14. The topological polar surface area (TPSA) is 20.2 Å². The lowest BCUT2D eigenvalue weighted by Crippen LogP contribution is -2.08. The van der Waals surface area contributed by atoms with Gasteiger partial charge in [0.05, 0.1) is 6.10 Å². The summed E-state index contributed by atoms with van der Waals surface area (Å²) in [6.45, 7) is 2.12. The molecule has 0 aliphatic heterocycles. The Balaban J connectivity index is 2.19. The predicted molar refractivity (Wildman–Crippen MR) is 51.9 cm³/mol. The summed E-state index contributed by atoms with van der Waals surface area (Å²) in [4.78, 5) is 0. The van der Waals surface area contributed by atoms with Crippen LogP contribution in [0.25, 0.3) is 0 Å². The van der Waals surface area contributed by atoms with E-state index < -0.39 is 0 Å². The molecule has 2 aliphatic rings. The van der Waals surface area contributed by atoms with Gasteiger partial charge in [-0.15, -0.1) is 0 Å². The van der Waals surface area contributed by atoms with Crippen molar-refractivity contribution in [1.29, 1.82) is 0 Å². The minimum absolute atomic E-state index is 0.0863. The second-order valence-corrected chi connectivity index (χ2v) is 4.41. The van der Waals surface area contributed by atoms with Crippen LogP contribution in [-0.4, -0.2) is 11.2 Å². The number of hydrogen-bond acceptors (Lipinski definition) is 1. The number of benzene rings is 1. The smallest absolute Gasteiger partial charge is 0.0677 e. The first kappa shape index (κ1) is 7.57. The van der Waals surface area contributed by atoms with Crippen LogP contribution in [0.2, 0.25) is 0 Å². The molecule has 0 aromatic heterocycles. The third-order valence-corrected chi connectivity index (χ3v) is 3.65. The number of aryl methyl sites for hydroxylation is 1. The summed E-state index contributed by atoms with van der Waals surface area (Å²) >= 11 is 0. The van der Waals surface area contributed by atoms with E-state index in [1.54, 1.807) is 0 Å². The minimum atomic E-state index is -0.0863. The average Bonchev–Trinajstić information content (AvgIpc) is 2.59. The molecule has 3 rings (SSSR count). The lowest BCUT2D eigenvalue weighted by atomic mass is 9.91. The normalized spacial score (nSPS) is 35.1. The van der Waals surface area contributed by atoms with E-state index in [4.69, 9.17) is 0 Å². The molecular weight excluding hydrogens is 160 g/mol. The second kappa shape index (κ2) is 2.36. The van der Waals surface area contributed by atoms with Crippen LogP contribution in [0.15, 0.2) is 18.2 Å². The Morgan fingerprint density at radius 2 is 1.85 bits per heavy atom. The number of fused-ring (bicyclic) bond motifs is 5. The maximum atomic E-state index is 9.94. The van der Waals surface area contributed by atoms with Crippen LogP contribution in [0.1, 0.15) is 41.4 Å². The average molecular weight is 174 g/mol. The second-order valence-electron chi connectivity index (χ2n) is 4.41. The van der Waals surface area contributed by atoms with Crippen molar-refractivity contribution in [3.63, 3.8) is 0 Å². The van der Waals surface area contributed by atoms with Crippen LogP contribution in [0, 0.1) is 6.92 Å². The van der Waals surface area contributed by atoms with Gasteiger partial charge in [0.15, 0.2) is 0 Å². The van der Waals surface area contributed by atoms with Gasteiger partial charge in [0.25, 0.3) is 0 Å². The van der Waals surface area contributed by atoms with Crippen molar-refractivity contribution >= 4 is 0 Å². The zero-order chi connectivity index (χ0) is 9.00. The fourth-order valence-corrected chi connectivity index (χ4v) is 3.01. The summed E-state index contributed by atoms with van der Waals surface area (Å²) in [7, 11) is 0. The van der Waals surface area contributed by atoms with Crippen molar-refractivity contribution in [2.75, 3.05) is 0 Å². The van der Waals surface area contributed by atoms with Gasteiger partial charge < -0.3 is 5.11 Å². The van der Waals surface area contributed by atoms with E-state index >= 15 is 0 Å². The van der Waals surface area contributed by atoms with Gasteiger partial charge in [0.2, 0.25) is 0 Å². The fraction of sp³-hybridized carbons (Fsp3) is 0.500. The molecule has 68 valence electrons. The van der Waals surface area contributed by atoms with E-state index in [0.717, 1.165) is 0 Å². The van der Waals surface area contributed by atoms with Crippen molar-refractivity contribution in [1.82, 2.24) is 0 Å². The molecule has 0 amide bonds. The highest BCUT2D eigenvalue weighted by molar-refractivity contribution is 5.45. The third-order valence-electron chi connectivity index (χ3n) is 3.65. The van der Waals surface area contributed by atoms with Crippen LogP contribution in [0.4, 0.5) is 0 Å². The SMILES string of the molecule is Cc1ccc2c(c1)[C@@H]1CC[C@H]2[C@H]1O. The molecule has 0 saturated heterocycles. The molecule has 2 bridgehead atoms. The summed E-state index contributed by atoms with van der Waals surface area (Å²) in [6, 6.07) is 6.62. The largest absolute Gasteiger partial charge is 0.392 e. The summed E-state index contributed by atoms with van der Waals surface area (Å²) in [5.41, 5.74) is 4.15. The van der Waals surface area contributed by atoms with Gasteiger partial charge >= 0.3 is 0 Å². The van der Waals surface area contributed by atoms with Crippen LogP contribution in [0.3, 0.4) is 0 Å². The maximum Gasteiger partial charge on any atom is 0.0677 e. The van der Waals surface area contributed by atoms with E-state index in [-0.39, 0.29) is 6.10 Å². The molecular formula is C12H14O. The van der Waals surface area contributed by atoms with Gasteiger partial charge in [-0.25, -0.2) is 0 Å². The summed E-state index contributed by atoms with van der Waals surface area (Å²) in [5, 5.41) is 9.94. The number of aliphatic hydroxyl groups excluding tert-OH is 1. The van der Waals surface area contributed by atoms with Crippen molar-refractivity contribution in [2.45, 2.75) is 37.7 Å². The molecule has 3 atom stereocenters. The molecule has 1 N–H and O–H groups in total. The Morgan fingerprint density at radius 1 is 1.15 bits per heavy atom. The highest BCUT2D eigenvalue weighted by atomic mass is 16.3. The van der Waals surface area contributed by atoms with Crippen molar-refractivity contribution in [3.8, 4) is 0 Å². The third kappa shape index (κ3) is 0.856. The monoisotopic (exact) mass is 174 g/mol. The van der Waals surface area contributed by atoms with E-state index in [9.17, 15) is 5.11 Å². The molecule has 0 heterocycles. The molecule has 13 heavy (non-hydrogen) atoms. The Hall–Kier alpha value is -0.820. The summed E-state index contributed by atoms with van der Waals surface area (Å²) in [6.07, 6.45) is 2.28. The van der Waals surface area contributed by atoms with Gasteiger partial charge in [-0.2, -0.15) is 0 Å². The van der Waals surface area contributed by atoms with Crippen molar-refractivity contribution < 1.29 is 5.11 Å². The summed E-state index contributed by atoms with van der Waals surface area (Å²) in [5.74, 6) is 0.889. The Bertz CT molecular complexity index is 356. The van der Waals surface area contributed by atoms with Crippen LogP contribution >= 0.6 is 0 Å². The van der Waals surface area contributed by atoms with E-state index in [2.05, 4.69) is 25.1 Å².